The molecule has 0 heterocycles. The molecule has 0 aliphatic rings. The van der Waals surface area contributed by atoms with Crippen molar-refractivity contribution in [3.05, 3.63) is 34.6 Å². The zero-order valence-electron chi connectivity index (χ0n) is 8.56. The van der Waals surface area contributed by atoms with Gasteiger partial charge in [-0.1, -0.05) is 13.0 Å². The third-order valence-corrected chi connectivity index (χ3v) is 2.14. The summed E-state index contributed by atoms with van der Waals surface area (Å²) in [5, 5.41) is 0. The molecule has 76 valence electrons. The van der Waals surface area contributed by atoms with Crippen molar-refractivity contribution < 1.29 is 13.9 Å². The fourth-order valence-corrected chi connectivity index (χ4v) is 1.38. The van der Waals surface area contributed by atoms with Gasteiger partial charge < -0.3 is 4.74 Å². The lowest BCUT2D eigenvalue weighted by molar-refractivity contribution is 0.0594. The average molecular weight is 196 g/mol. The number of methoxy groups -OCH3 is 1. The predicted molar refractivity (Wildman–Crippen MR) is 51.9 cm³/mol. The number of halogens is 1. The molecule has 0 fully saturated rings. The van der Waals surface area contributed by atoms with Crippen molar-refractivity contribution >= 4 is 5.97 Å². The van der Waals surface area contributed by atoms with Crippen LogP contribution in [0.25, 0.3) is 0 Å². The minimum Gasteiger partial charge on any atom is -0.465 e. The van der Waals surface area contributed by atoms with Crippen LogP contribution in [0.4, 0.5) is 4.39 Å². The number of hydrogen-bond donors (Lipinski definition) is 0. The molecule has 1 aromatic rings. The van der Waals surface area contributed by atoms with Crippen LogP contribution >= 0.6 is 0 Å². The van der Waals surface area contributed by atoms with Crippen LogP contribution in [-0.4, -0.2) is 13.1 Å². The molecule has 0 atom stereocenters. The highest BCUT2D eigenvalue weighted by molar-refractivity contribution is 5.91. The smallest absolute Gasteiger partial charge is 0.341 e. The molecule has 0 bridgehead atoms. The first-order valence-electron chi connectivity index (χ1n) is 4.47. The van der Waals surface area contributed by atoms with E-state index in [2.05, 4.69) is 4.74 Å². The van der Waals surface area contributed by atoms with Gasteiger partial charge >= 0.3 is 5.97 Å². The Balaban J connectivity index is 3.25. The summed E-state index contributed by atoms with van der Waals surface area (Å²) in [5.74, 6) is -1.13. The standard InChI is InChI=1S/C11H13FO2/c1-4-8-5-7(2)10(9(12)6-8)11(13)14-3/h5-6H,4H2,1-3H3. The number of carbonyl (C=O) groups is 1. The van der Waals surface area contributed by atoms with Crippen molar-refractivity contribution in [1.82, 2.24) is 0 Å². The van der Waals surface area contributed by atoms with Crippen LogP contribution in [-0.2, 0) is 11.2 Å². The highest BCUT2D eigenvalue weighted by Gasteiger charge is 2.15. The zero-order valence-corrected chi connectivity index (χ0v) is 8.56. The number of rotatable bonds is 2. The molecule has 3 heteroatoms. The summed E-state index contributed by atoms with van der Waals surface area (Å²) >= 11 is 0. The van der Waals surface area contributed by atoms with Crippen LogP contribution in [0.3, 0.4) is 0 Å². The van der Waals surface area contributed by atoms with Crippen LogP contribution < -0.4 is 0 Å². The van der Waals surface area contributed by atoms with Gasteiger partial charge in [-0.3, -0.25) is 0 Å². The van der Waals surface area contributed by atoms with E-state index < -0.39 is 11.8 Å². The van der Waals surface area contributed by atoms with E-state index in [-0.39, 0.29) is 5.56 Å². The molecule has 0 spiro atoms. The van der Waals surface area contributed by atoms with Crippen molar-refractivity contribution in [3.8, 4) is 0 Å². The van der Waals surface area contributed by atoms with Gasteiger partial charge in [0.25, 0.3) is 0 Å². The van der Waals surface area contributed by atoms with Gasteiger partial charge in [0, 0.05) is 0 Å². The van der Waals surface area contributed by atoms with Gasteiger partial charge in [0.2, 0.25) is 0 Å². The Hall–Kier alpha value is -1.38. The topological polar surface area (TPSA) is 26.3 Å². The first kappa shape index (κ1) is 10.7. The predicted octanol–water partition coefficient (Wildman–Crippen LogP) is 2.48. The van der Waals surface area contributed by atoms with Crippen LogP contribution in [0.15, 0.2) is 12.1 Å². The Kier molecular flexibility index (Phi) is 3.23. The fourth-order valence-electron chi connectivity index (χ4n) is 1.38. The number of esters is 1. The number of aryl methyl sites for hydroxylation is 2. The second-order valence-electron chi connectivity index (χ2n) is 3.11. The van der Waals surface area contributed by atoms with Gasteiger partial charge in [-0.15, -0.1) is 0 Å². The van der Waals surface area contributed by atoms with Gasteiger partial charge in [-0.2, -0.15) is 0 Å². The van der Waals surface area contributed by atoms with E-state index in [1.54, 1.807) is 13.0 Å². The highest BCUT2D eigenvalue weighted by atomic mass is 19.1. The molecule has 0 saturated carbocycles. The Morgan fingerprint density at radius 3 is 2.57 bits per heavy atom. The normalized spacial score (nSPS) is 10.0. The Morgan fingerprint density at radius 2 is 2.14 bits per heavy atom. The summed E-state index contributed by atoms with van der Waals surface area (Å²) in [4.78, 5) is 11.2. The molecular formula is C11H13FO2. The monoisotopic (exact) mass is 196 g/mol. The molecule has 0 N–H and O–H groups in total. The lowest BCUT2D eigenvalue weighted by Gasteiger charge is -2.07. The van der Waals surface area contributed by atoms with E-state index in [9.17, 15) is 9.18 Å². The van der Waals surface area contributed by atoms with E-state index in [0.717, 1.165) is 12.0 Å². The van der Waals surface area contributed by atoms with Gasteiger partial charge in [-0.25, -0.2) is 9.18 Å². The van der Waals surface area contributed by atoms with Crippen molar-refractivity contribution in [1.29, 1.82) is 0 Å². The average Bonchev–Trinajstić information content (AvgIpc) is 2.16. The number of ether oxygens (including phenoxy) is 1. The second-order valence-corrected chi connectivity index (χ2v) is 3.11. The minimum absolute atomic E-state index is 0.0321. The maximum Gasteiger partial charge on any atom is 0.341 e. The van der Waals surface area contributed by atoms with Crippen molar-refractivity contribution in [2.24, 2.45) is 0 Å². The molecule has 1 aromatic carbocycles. The number of hydrogen-bond acceptors (Lipinski definition) is 2. The maximum atomic E-state index is 13.4. The third-order valence-electron chi connectivity index (χ3n) is 2.14. The summed E-state index contributed by atoms with van der Waals surface area (Å²) in [6, 6.07) is 3.18. The summed E-state index contributed by atoms with van der Waals surface area (Å²) in [5.41, 5.74) is 1.53. The molecule has 2 nitrogen and oxygen atoms in total. The highest BCUT2D eigenvalue weighted by Crippen LogP contribution is 2.17. The van der Waals surface area contributed by atoms with Crippen LogP contribution in [0, 0.1) is 12.7 Å². The van der Waals surface area contributed by atoms with Crippen molar-refractivity contribution in [3.63, 3.8) is 0 Å². The van der Waals surface area contributed by atoms with Gasteiger partial charge in [0.05, 0.1) is 12.7 Å². The molecule has 14 heavy (non-hydrogen) atoms. The van der Waals surface area contributed by atoms with Gasteiger partial charge in [0.15, 0.2) is 0 Å². The third kappa shape index (κ3) is 1.92. The Morgan fingerprint density at radius 1 is 1.50 bits per heavy atom. The molecule has 0 aliphatic carbocycles. The largest absolute Gasteiger partial charge is 0.465 e. The lowest BCUT2D eigenvalue weighted by atomic mass is 10.0. The van der Waals surface area contributed by atoms with E-state index in [4.69, 9.17) is 0 Å². The fraction of sp³-hybridized carbons (Fsp3) is 0.364. The van der Waals surface area contributed by atoms with E-state index in [1.165, 1.54) is 13.2 Å². The molecular weight excluding hydrogens is 183 g/mol. The summed E-state index contributed by atoms with van der Waals surface area (Å²) in [6.45, 7) is 3.64. The quantitative estimate of drug-likeness (QED) is 0.679. The summed E-state index contributed by atoms with van der Waals surface area (Å²) in [7, 11) is 1.24. The molecule has 0 saturated heterocycles. The van der Waals surface area contributed by atoms with Crippen LogP contribution in [0.1, 0.15) is 28.4 Å². The van der Waals surface area contributed by atoms with Crippen molar-refractivity contribution in [2.75, 3.05) is 7.11 Å². The molecule has 0 unspecified atom stereocenters. The summed E-state index contributed by atoms with van der Waals surface area (Å²) < 4.78 is 17.9. The lowest BCUT2D eigenvalue weighted by Crippen LogP contribution is -2.07. The Bertz CT molecular complexity index is 335. The van der Waals surface area contributed by atoms with Crippen LogP contribution in [0.5, 0.6) is 0 Å². The SMILES string of the molecule is CCc1cc(C)c(C(=O)OC)c(F)c1. The van der Waals surface area contributed by atoms with Gasteiger partial charge in [-0.05, 0) is 30.5 Å². The molecule has 0 radical (unpaired) electrons. The Labute approximate surface area is 82.7 Å². The summed E-state index contributed by atoms with van der Waals surface area (Å²) in [6.07, 6.45) is 0.749. The van der Waals surface area contributed by atoms with Crippen molar-refractivity contribution in [2.45, 2.75) is 20.3 Å². The molecule has 0 aromatic heterocycles. The second kappa shape index (κ2) is 4.22. The van der Waals surface area contributed by atoms with E-state index >= 15 is 0 Å². The first-order chi connectivity index (χ1) is 6.60. The van der Waals surface area contributed by atoms with E-state index in [0.29, 0.717) is 5.56 Å². The number of carbonyl (C=O) groups excluding carboxylic acids is 1. The zero-order chi connectivity index (χ0) is 10.7. The maximum absolute atomic E-state index is 13.4. The van der Waals surface area contributed by atoms with E-state index in [1.807, 2.05) is 6.92 Å². The molecule has 1 rings (SSSR count). The minimum atomic E-state index is -0.623. The number of benzene rings is 1. The van der Waals surface area contributed by atoms with Crippen LogP contribution in [0.2, 0.25) is 0 Å². The van der Waals surface area contributed by atoms with Gasteiger partial charge in [0.1, 0.15) is 5.82 Å². The first-order valence-corrected chi connectivity index (χ1v) is 4.47. The molecule has 0 aliphatic heterocycles. The molecule has 0 amide bonds.